The summed E-state index contributed by atoms with van der Waals surface area (Å²) < 4.78 is 10.7. The molecule has 1 aliphatic heterocycles. The lowest BCUT2D eigenvalue weighted by atomic mass is 10.1. The second-order valence-electron chi connectivity index (χ2n) is 6.32. The second kappa shape index (κ2) is 5.77. The molecule has 0 unspecified atom stereocenters. The molecule has 2 fully saturated rings. The molecule has 1 amide bonds. The van der Waals surface area contributed by atoms with E-state index in [0.717, 1.165) is 51.4 Å². The zero-order valence-electron chi connectivity index (χ0n) is 12.8. The van der Waals surface area contributed by atoms with Crippen LogP contribution < -0.4 is 0 Å². The molecule has 0 bridgehead atoms. The van der Waals surface area contributed by atoms with Gasteiger partial charge in [-0.2, -0.15) is 0 Å². The van der Waals surface area contributed by atoms with Crippen LogP contribution in [0.1, 0.15) is 36.0 Å². The highest BCUT2D eigenvalue weighted by atomic mass is 16.5. The number of likely N-dealkylation sites (N-methyl/N-ethyl adjacent to an activating group) is 1. The molecule has 1 aliphatic carbocycles. The summed E-state index contributed by atoms with van der Waals surface area (Å²) in [6.45, 7) is 7.14. The van der Waals surface area contributed by atoms with Crippen LogP contribution in [-0.4, -0.2) is 67.3 Å². The molecule has 1 aromatic heterocycles. The maximum absolute atomic E-state index is 12.3. The molecule has 1 saturated heterocycles. The number of ether oxygens (including phenoxy) is 1. The van der Waals surface area contributed by atoms with Crippen molar-refractivity contribution < 1.29 is 14.1 Å². The van der Waals surface area contributed by atoms with E-state index in [9.17, 15) is 4.79 Å². The van der Waals surface area contributed by atoms with Crippen molar-refractivity contribution in [3.63, 3.8) is 0 Å². The Morgan fingerprint density at radius 2 is 2.14 bits per heavy atom. The lowest BCUT2D eigenvalue weighted by Crippen LogP contribution is -2.42. The Morgan fingerprint density at radius 1 is 1.43 bits per heavy atom. The summed E-state index contributed by atoms with van der Waals surface area (Å²) in [5.41, 5.74) is 0.528. The van der Waals surface area contributed by atoms with E-state index in [2.05, 4.69) is 17.0 Å². The summed E-state index contributed by atoms with van der Waals surface area (Å²) in [6.07, 6.45) is 2.23. The van der Waals surface area contributed by atoms with Gasteiger partial charge in [0.05, 0.1) is 13.2 Å². The molecule has 0 spiro atoms. The number of nitrogens with zero attached hydrogens (tertiary/aromatic N) is 3. The Kier molecular flexibility index (Phi) is 3.99. The normalized spacial score (nSPS) is 21.2. The first-order valence-electron chi connectivity index (χ1n) is 7.61. The number of morpholine rings is 1. The highest BCUT2D eigenvalue weighted by Crippen LogP contribution is 2.47. The van der Waals surface area contributed by atoms with Gasteiger partial charge in [-0.15, -0.1) is 0 Å². The maximum atomic E-state index is 12.3. The van der Waals surface area contributed by atoms with Crippen molar-refractivity contribution in [1.82, 2.24) is 15.0 Å². The molecule has 0 radical (unpaired) electrons. The largest absolute Gasteiger partial charge is 0.379 e. The summed E-state index contributed by atoms with van der Waals surface area (Å²) >= 11 is 0. The SMILES string of the molecule is CN(CCN1CCOCC1)C(=O)c1cc(C2(C)CC2)on1. The van der Waals surface area contributed by atoms with Crippen molar-refractivity contribution in [2.75, 3.05) is 46.4 Å². The minimum atomic E-state index is -0.0671. The fraction of sp³-hybridized carbons (Fsp3) is 0.733. The monoisotopic (exact) mass is 293 g/mol. The molecular weight excluding hydrogens is 270 g/mol. The van der Waals surface area contributed by atoms with E-state index in [1.54, 1.807) is 11.0 Å². The van der Waals surface area contributed by atoms with E-state index in [1.165, 1.54) is 0 Å². The molecule has 3 rings (SSSR count). The van der Waals surface area contributed by atoms with Crippen LogP contribution in [0.2, 0.25) is 0 Å². The Hall–Kier alpha value is -1.40. The Bertz CT molecular complexity index is 504. The third-order valence-corrected chi connectivity index (χ3v) is 4.53. The average molecular weight is 293 g/mol. The molecule has 0 aromatic carbocycles. The topological polar surface area (TPSA) is 58.8 Å². The number of hydrogen-bond donors (Lipinski definition) is 0. The van der Waals surface area contributed by atoms with E-state index >= 15 is 0 Å². The number of carbonyl (C=O) groups excluding carboxylic acids is 1. The maximum Gasteiger partial charge on any atom is 0.275 e. The number of rotatable bonds is 5. The second-order valence-corrected chi connectivity index (χ2v) is 6.32. The smallest absolute Gasteiger partial charge is 0.275 e. The molecule has 6 heteroatoms. The van der Waals surface area contributed by atoms with Crippen LogP contribution in [0.25, 0.3) is 0 Å². The van der Waals surface area contributed by atoms with Gasteiger partial charge in [0.2, 0.25) is 0 Å². The van der Waals surface area contributed by atoms with E-state index in [4.69, 9.17) is 9.26 Å². The van der Waals surface area contributed by atoms with Crippen LogP contribution in [0.5, 0.6) is 0 Å². The zero-order chi connectivity index (χ0) is 14.9. The first kappa shape index (κ1) is 14.5. The molecular formula is C15H23N3O3. The van der Waals surface area contributed by atoms with Gasteiger partial charge in [0, 0.05) is 44.7 Å². The summed E-state index contributed by atoms with van der Waals surface area (Å²) in [5.74, 6) is 0.773. The van der Waals surface area contributed by atoms with Crippen molar-refractivity contribution in [1.29, 1.82) is 0 Å². The van der Waals surface area contributed by atoms with Gasteiger partial charge in [0.15, 0.2) is 5.69 Å². The molecule has 21 heavy (non-hydrogen) atoms. The molecule has 2 aliphatic rings. The zero-order valence-corrected chi connectivity index (χ0v) is 12.8. The van der Waals surface area contributed by atoms with Gasteiger partial charge < -0.3 is 14.2 Å². The summed E-state index contributed by atoms with van der Waals surface area (Å²) in [6, 6.07) is 1.81. The third kappa shape index (κ3) is 3.27. The number of aromatic nitrogens is 1. The Labute approximate surface area is 125 Å². The number of amides is 1. The van der Waals surface area contributed by atoms with E-state index < -0.39 is 0 Å². The van der Waals surface area contributed by atoms with Gasteiger partial charge in [-0.3, -0.25) is 9.69 Å². The van der Waals surface area contributed by atoms with Crippen molar-refractivity contribution in [2.45, 2.75) is 25.2 Å². The fourth-order valence-corrected chi connectivity index (χ4v) is 2.51. The van der Waals surface area contributed by atoms with Crippen LogP contribution in [0.4, 0.5) is 0 Å². The average Bonchev–Trinajstić information content (AvgIpc) is 3.06. The molecule has 6 nitrogen and oxygen atoms in total. The molecule has 0 N–H and O–H groups in total. The Morgan fingerprint density at radius 3 is 2.81 bits per heavy atom. The van der Waals surface area contributed by atoms with Crippen molar-refractivity contribution in [3.8, 4) is 0 Å². The van der Waals surface area contributed by atoms with Gasteiger partial charge in [-0.1, -0.05) is 12.1 Å². The molecule has 116 valence electrons. The summed E-state index contributed by atoms with van der Waals surface area (Å²) in [5, 5.41) is 3.94. The lowest BCUT2D eigenvalue weighted by Gasteiger charge is -2.28. The van der Waals surface area contributed by atoms with E-state index in [-0.39, 0.29) is 11.3 Å². The minimum absolute atomic E-state index is 0.0671. The Balaban J connectivity index is 1.52. The minimum Gasteiger partial charge on any atom is -0.379 e. The van der Waals surface area contributed by atoms with Crippen LogP contribution in [0.3, 0.4) is 0 Å². The molecule has 1 saturated carbocycles. The standard InChI is InChI=1S/C15H23N3O3/c1-15(3-4-15)13-11-12(16-21-13)14(19)17(2)5-6-18-7-9-20-10-8-18/h11H,3-10H2,1-2H3. The molecule has 0 atom stereocenters. The van der Waals surface area contributed by atoms with Crippen molar-refractivity contribution >= 4 is 5.91 Å². The quantitative estimate of drug-likeness (QED) is 0.814. The highest BCUT2D eigenvalue weighted by Gasteiger charge is 2.43. The van der Waals surface area contributed by atoms with Gasteiger partial charge in [-0.05, 0) is 12.8 Å². The predicted octanol–water partition coefficient (Wildman–Crippen LogP) is 1.13. The molecule has 2 heterocycles. The summed E-state index contributed by atoms with van der Waals surface area (Å²) in [7, 11) is 1.82. The van der Waals surface area contributed by atoms with E-state index in [1.807, 2.05) is 7.05 Å². The number of carbonyl (C=O) groups is 1. The highest BCUT2D eigenvalue weighted by molar-refractivity contribution is 5.92. The first-order chi connectivity index (χ1) is 10.1. The van der Waals surface area contributed by atoms with Gasteiger partial charge in [0.25, 0.3) is 5.91 Å². The summed E-state index contributed by atoms with van der Waals surface area (Å²) in [4.78, 5) is 16.4. The fourth-order valence-electron chi connectivity index (χ4n) is 2.51. The van der Waals surface area contributed by atoms with Crippen LogP contribution >= 0.6 is 0 Å². The third-order valence-electron chi connectivity index (χ3n) is 4.53. The van der Waals surface area contributed by atoms with Gasteiger partial charge in [-0.25, -0.2) is 0 Å². The van der Waals surface area contributed by atoms with E-state index in [0.29, 0.717) is 12.2 Å². The van der Waals surface area contributed by atoms with Crippen LogP contribution in [0, 0.1) is 0 Å². The van der Waals surface area contributed by atoms with Crippen LogP contribution in [0.15, 0.2) is 10.6 Å². The van der Waals surface area contributed by atoms with Crippen molar-refractivity contribution in [2.24, 2.45) is 0 Å². The lowest BCUT2D eigenvalue weighted by molar-refractivity contribution is 0.0337. The first-order valence-corrected chi connectivity index (χ1v) is 7.61. The van der Waals surface area contributed by atoms with Gasteiger partial charge in [0.1, 0.15) is 5.76 Å². The van der Waals surface area contributed by atoms with Crippen molar-refractivity contribution in [3.05, 3.63) is 17.5 Å². The predicted molar refractivity (Wildman–Crippen MR) is 77.3 cm³/mol. The van der Waals surface area contributed by atoms with Gasteiger partial charge >= 0.3 is 0 Å². The molecule has 1 aromatic rings. The number of hydrogen-bond acceptors (Lipinski definition) is 5. The van der Waals surface area contributed by atoms with Crippen LogP contribution in [-0.2, 0) is 10.2 Å².